The Morgan fingerprint density at radius 2 is 2.10 bits per heavy atom. The maximum Gasteiger partial charge on any atom is 0.107 e. The van der Waals surface area contributed by atoms with Crippen LogP contribution < -0.4 is 5.32 Å². The lowest BCUT2D eigenvalue weighted by atomic mass is 9.93. The molecule has 0 bridgehead atoms. The second-order valence-corrected chi connectivity index (χ2v) is 7.18. The minimum Gasteiger partial charge on any atom is -0.316 e. The predicted molar refractivity (Wildman–Crippen MR) is 92.7 cm³/mol. The van der Waals surface area contributed by atoms with Crippen LogP contribution in [0.3, 0.4) is 0 Å². The van der Waals surface area contributed by atoms with Crippen molar-refractivity contribution in [1.82, 2.24) is 15.2 Å². The van der Waals surface area contributed by atoms with Crippen molar-refractivity contribution in [2.75, 3.05) is 20.1 Å². The van der Waals surface area contributed by atoms with Crippen LogP contribution >= 0.6 is 36.2 Å². The Kier molecular flexibility index (Phi) is 8.60. The molecule has 1 saturated heterocycles. The van der Waals surface area contributed by atoms with E-state index in [4.69, 9.17) is 4.98 Å². The molecule has 1 aromatic heterocycles. The molecule has 0 saturated carbocycles. The predicted octanol–water partition coefficient (Wildman–Crippen LogP) is 3.47. The van der Waals surface area contributed by atoms with Gasteiger partial charge in [-0.2, -0.15) is 0 Å². The third-order valence-electron chi connectivity index (χ3n) is 3.59. The van der Waals surface area contributed by atoms with E-state index in [1.807, 2.05) is 0 Å². The highest BCUT2D eigenvalue weighted by molar-refractivity contribution is 7.09. The molecular formula is C14H27Cl2N3S. The van der Waals surface area contributed by atoms with Crippen molar-refractivity contribution < 1.29 is 0 Å². The summed E-state index contributed by atoms with van der Waals surface area (Å²) in [5.41, 5.74) is 1.40. The summed E-state index contributed by atoms with van der Waals surface area (Å²) in [5.74, 6) is 0. The van der Waals surface area contributed by atoms with Crippen molar-refractivity contribution in [1.29, 1.82) is 0 Å². The molecule has 20 heavy (non-hydrogen) atoms. The van der Waals surface area contributed by atoms with E-state index in [1.165, 1.54) is 30.1 Å². The van der Waals surface area contributed by atoms with Crippen LogP contribution in [-0.4, -0.2) is 36.1 Å². The summed E-state index contributed by atoms with van der Waals surface area (Å²) in [6, 6.07) is 0.654. The van der Waals surface area contributed by atoms with E-state index in [2.05, 4.69) is 43.4 Å². The molecular weight excluding hydrogens is 313 g/mol. The zero-order valence-electron chi connectivity index (χ0n) is 12.8. The first-order chi connectivity index (χ1) is 8.49. The highest BCUT2D eigenvalue weighted by Crippen LogP contribution is 2.25. The smallest absolute Gasteiger partial charge is 0.107 e. The van der Waals surface area contributed by atoms with Crippen LogP contribution in [0.4, 0.5) is 0 Å². The second kappa shape index (κ2) is 8.54. The molecule has 0 amide bonds. The van der Waals surface area contributed by atoms with Gasteiger partial charge < -0.3 is 5.32 Å². The highest BCUT2D eigenvalue weighted by Gasteiger charge is 2.21. The van der Waals surface area contributed by atoms with Crippen LogP contribution in [0.25, 0.3) is 0 Å². The fourth-order valence-electron chi connectivity index (χ4n) is 2.35. The second-order valence-electron chi connectivity index (χ2n) is 6.24. The van der Waals surface area contributed by atoms with Crippen LogP contribution in [0.15, 0.2) is 5.38 Å². The molecule has 1 aliphatic heterocycles. The first kappa shape index (κ1) is 20.1. The Balaban J connectivity index is 0.00000180. The largest absolute Gasteiger partial charge is 0.316 e. The van der Waals surface area contributed by atoms with Crippen LogP contribution in [0.5, 0.6) is 0 Å². The van der Waals surface area contributed by atoms with Crippen molar-refractivity contribution in [3.63, 3.8) is 0 Å². The standard InChI is InChI=1S/C14H25N3S.2ClH/c1-14(2,3)12-10-18-13(16-12)9-17-7-5-6-11(8-17)15-4;;/h10-11,15H,5-9H2,1-4H3;2*1H. The number of aromatic nitrogens is 1. The van der Waals surface area contributed by atoms with Gasteiger partial charge in [0.2, 0.25) is 0 Å². The van der Waals surface area contributed by atoms with Gasteiger partial charge in [0.15, 0.2) is 0 Å². The number of nitrogens with zero attached hydrogens (tertiary/aromatic N) is 2. The summed E-state index contributed by atoms with van der Waals surface area (Å²) >= 11 is 1.81. The lowest BCUT2D eigenvalue weighted by molar-refractivity contribution is 0.187. The maximum atomic E-state index is 4.78. The fraction of sp³-hybridized carbons (Fsp3) is 0.786. The summed E-state index contributed by atoms with van der Waals surface area (Å²) in [6.45, 7) is 10.1. The lowest BCUT2D eigenvalue weighted by Gasteiger charge is -2.31. The SMILES string of the molecule is CNC1CCCN(Cc2nc(C(C)(C)C)cs2)C1.Cl.Cl. The van der Waals surface area contributed by atoms with Crippen molar-refractivity contribution in [2.24, 2.45) is 0 Å². The van der Waals surface area contributed by atoms with E-state index >= 15 is 0 Å². The molecule has 1 aromatic rings. The fourth-order valence-corrected chi connectivity index (χ4v) is 3.42. The molecule has 1 atom stereocenters. The first-order valence-corrected chi connectivity index (χ1v) is 7.71. The molecule has 0 aromatic carbocycles. The number of halogens is 2. The van der Waals surface area contributed by atoms with E-state index in [9.17, 15) is 0 Å². The Morgan fingerprint density at radius 3 is 2.65 bits per heavy atom. The topological polar surface area (TPSA) is 28.2 Å². The summed E-state index contributed by atoms with van der Waals surface area (Å²) in [6.07, 6.45) is 2.60. The van der Waals surface area contributed by atoms with Gasteiger partial charge in [0, 0.05) is 23.4 Å². The van der Waals surface area contributed by atoms with E-state index in [1.54, 1.807) is 11.3 Å². The molecule has 0 spiro atoms. The molecule has 3 nitrogen and oxygen atoms in total. The van der Waals surface area contributed by atoms with Gasteiger partial charge in [-0.05, 0) is 26.4 Å². The van der Waals surface area contributed by atoms with E-state index in [-0.39, 0.29) is 30.2 Å². The third-order valence-corrected chi connectivity index (χ3v) is 4.43. The molecule has 2 heterocycles. The number of nitrogens with one attached hydrogen (secondary N) is 1. The summed E-state index contributed by atoms with van der Waals surface area (Å²) in [5, 5.41) is 6.87. The Labute approximate surface area is 139 Å². The maximum absolute atomic E-state index is 4.78. The number of thiazole rings is 1. The molecule has 0 radical (unpaired) electrons. The molecule has 118 valence electrons. The molecule has 1 aliphatic rings. The first-order valence-electron chi connectivity index (χ1n) is 6.83. The Morgan fingerprint density at radius 1 is 1.40 bits per heavy atom. The zero-order chi connectivity index (χ0) is 13.2. The van der Waals surface area contributed by atoms with E-state index in [0.29, 0.717) is 6.04 Å². The molecule has 0 aliphatic carbocycles. The monoisotopic (exact) mass is 339 g/mol. The van der Waals surface area contributed by atoms with Gasteiger partial charge in [-0.1, -0.05) is 20.8 Å². The third kappa shape index (κ3) is 5.49. The lowest BCUT2D eigenvalue weighted by Crippen LogP contribution is -2.43. The van der Waals surface area contributed by atoms with Crippen molar-refractivity contribution >= 4 is 36.2 Å². The Bertz CT molecular complexity index is 390. The van der Waals surface area contributed by atoms with Crippen LogP contribution in [0, 0.1) is 0 Å². The van der Waals surface area contributed by atoms with Gasteiger partial charge in [-0.15, -0.1) is 36.2 Å². The van der Waals surface area contributed by atoms with Gasteiger partial charge in [0.25, 0.3) is 0 Å². The number of likely N-dealkylation sites (tertiary alicyclic amines) is 1. The summed E-state index contributed by atoms with van der Waals surface area (Å²) < 4.78 is 0. The number of hydrogen-bond acceptors (Lipinski definition) is 4. The van der Waals surface area contributed by atoms with Gasteiger partial charge in [-0.3, -0.25) is 4.90 Å². The summed E-state index contributed by atoms with van der Waals surface area (Å²) in [4.78, 5) is 7.31. The number of piperidine rings is 1. The van der Waals surface area contributed by atoms with Gasteiger partial charge in [0.05, 0.1) is 12.2 Å². The van der Waals surface area contributed by atoms with Crippen molar-refractivity contribution in [2.45, 2.75) is 51.6 Å². The number of rotatable bonds is 3. The van der Waals surface area contributed by atoms with Crippen LogP contribution in [0.2, 0.25) is 0 Å². The zero-order valence-corrected chi connectivity index (χ0v) is 15.3. The molecule has 1 fully saturated rings. The van der Waals surface area contributed by atoms with E-state index in [0.717, 1.165) is 13.1 Å². The highest BCUT2D eigenvalue weighted by atomic mass is 35.5. The van der Waals surface area contributed by atoms with Crippen LogP contribution in [0.1, 0.15) is 44.3 Å². The Hall–Kier alpha value is 0.130. The number of likely N-dealkylation sites (N-methyl/N-ethyl adjacent to an activating group) is 1. The molecule has 6 heteroatoms. The minimum atomic E-state index is 0. The molecule has 2 rings (SSSR count). The van der Waals surface area contributed by atoms with Crippen LogP contribution in [-0.2, 0) is 12.0 Å². The van der Waals surface area contributed by atoms with Gasteiger partial charge >= 0.3 is 0 Å². The van der Waals surface area contributed by atoms with Gasteiger partial charge in [0.1, 0.15) is 5.01 Å². The minimum absolute atomic E-state index is 0. The average Bonchev–Trinajstić information content (AvgIpc) is 2.77. The molecule has 1 N–H and O–H groups in total. The molecule has 1 unspecified atom stereocenters. The average molecular weight is 340 g/mol. The van der Waals surface area contributed by atoms with Crippen molar-refractivity contribution in [3.05, 3.63) is 16.1 Å². The van der Waals surface area contributed by atoms with Crippen molar-refractivity contribution in [3.8, 4) is 0 Å². The normalized spacial score (nSPS) is 20.1. The summed E-state index contributed by atoms with van der Waals surface area (Å²) in [7, 11) is 2.06. The number of hydrogen-bond donors (Lipinski definition) is 1. The quantitative estimate of drug-likeness (QED) is 0.913. The van der Waals surface area contributed by atoms with Gasteiger partial charge in [-0.25, -0.2) is 4.98 Å². The van der Waals surface area contributed by atoms with E-state index < -0.39 is 0 Å².